The molecule has 0 bridgehead atoms. The maximum atomic E-state index is 13.0. The highest BCUT2D eigenvalue weighted by molar-refractivity contribution is 8.26. The number of carbonyl (C=O) groups excluding carboxylic acids is 1. The number of hydrogen-bond donors (Lipinski definition) is 0. The molecular weight excluding hydrogens is 408 g/mol. The second kappa shape index (κ2) is 8.46. The molecule has 2 aromatic rings. The van der Waals surface area contributed by atoms with Gasteiger partial charge in [0, 0.05) is 30.1 Å². The van der Waals surface area contributed by atoms with Gasteiger partial charge in [-0.05, 0) is 31.1 Å². The third-order valence-corrected chi connectivity index (χ3v) is 6.58. The van der Waals surface area contributed by atoms with Crippen LogP contribution in [0.15, 0.2) is 41.7 Å². The molecule has 0 spiro atoms. The normalized spacial score (nSPS) is 19.7. The zero-order valence-corrected chi connectivity index (χ0v) is 17.3. The van der Waals surface area contributed by atoms with Crippen LogP contribution in [0.3, 0.4) is 0 Å². The van der Waals surface area contributed by atoms with E-state index in [1.54, 1.807) is 40.2 Å². The Morgan fingerprint density at radius 3 is 2.52 bits per heavy atom. The molecule has 0 radical (unpaired) electrons. The highest BCUT2D eigenvalue weighted by Gasteiger charge is 2.37. The molecule has 2 aliphatic rings. The molecule has 1 aromatic carbocycles. The van der Waals surface area contributed by atoms with Crippen molar-refractivity contribution in [1.82, 2.24) is 14.5 Å². The number of aromatic nitrogens is 2. The number of nitro groups is 1. The fraction of sp³-hybridized carbons (Fsp3) is 0.350. The minimum atomic E-state index is -0.431. The van der Waals surface area contributed by atoms with Crippen molar-refractivity contribution in [2.75, 3.05) is 0 Å². The van der Waals surface area contributed by atoms with Crippen LogP contribution in [-0.2, 0) is 4.79 Å². The van der Waals surface area contributed by atoms with E-state index >= 15 is 0 Å². The third kappa shape index (κ3) is 4.25. The number of amides is 1. The second-order valence-electron chi connectivity index (χ2n) is 7.18. The molecule has 1 amide bonds. The Labute approximate surface area is 177 Å². The molecule has 2 fully saturated rings. The van der Waals surface area contributed by atoms with E-state index in [9.17, 15) is 14.9 Å². The molecule has 0 unspecified atom stereocenters. The summed E-state index contributed by atoms with van der Waals surface area (Å²) < 4.78 is 2.39. The van der Waals surface area contributed by atoms with Crippen LogP contribution in [0.25, 0.3) is 11.8 Å². The Bertz CT molecular complexity index is 976. The van der Waals surface area contributed by atoms with Crippen molar-refractivity contribution < 1.29 is 9.72 Å². The first-order valence-corrected chi connectivity index (χ1v) is 10.8. The summed E-state index contributed by atoms with van der Waals surface area (Å²) >= 11 is 6.83. The summed E-state index contributed by atoms with van der Waals surface area (Å²) in [6, 6.07) is 6.43. The fourth-order valence-corrected chi connectivity index (χ4v) is 5.13. The topological polar surface area (TPSA) is 81.3 Å². The van der Waals surface area contributed by atoms with Crippen molar-refractivity contribution in [3.8, 4) is 5.69 Å². The largest absolute Gasteiger partial charge is 0.306 e. The molecule has 1 saturated heterocycles. The molecule has 2 heterocycles. The van der Waals surface area contributed by atoms with Gasteiger partial charge in [-0.1, -0.05) is 49.7 Å². The summed E-state index contributed by atoms with van der Waals surface area (Å²) in [6.07, 6.45) is 11.9. The number of hydrogen-bond acceptors (Lipinski definition) is 6. The maximum absolute atomic E-state index is 13.0. The summed E-state index contributed by atoms with van der Waals surface area (Å²) in [7, 11) is 0. The molecule has 9 heteroatoms. The van der Waals surface area contributed by atoms with E-state index in [2.05, 4.69) is 4.98 Å². The van der Waals surface area contributed by atoms with Crippen LogP contribution in [0.4, 0.5) is 5.69 Å². The van der Waals surface area contributed by atoms with Crippen molar-refractivity contribution in [2.24, 2.45) is 0 Å². The molecule has 0 N–H and O–H groups in total. The summed E-state index contributed by atoms with van der Waals surface area (Å²) in [6.45, 7) is 0. The molecule has 4 rings (SSSR count). The molecule has 1 aliphatic heterocycles. The Hall–Kier alpha value is -2.52. The predicted molar refractivity (Wildman–Crippen MR) is 117 cm³/mol. The summed E-state index contributed by atoms with van der Waals surface area (Å²) in [5.74, 6) is -0.0308. The average Bonchev–Trinajstić information content (AvgIpc) is 3.16. The molecule has 0 atom stereocenters. The van der Waals surface area contributed by atoms with Gasteiger partial charge >= 0.3 is 0 Å². The Morgan fingerprint density at radius 1 is 1.17 bits per heavy atom. The lowest BCUT2D eigenvalue weighted by atomic mass is 10.1. The predicted octanol–water partition coefficient (Wildman–Crippen LogP) is 4.70. The second-order valence-corrected chi connectivity index (χ2v) is 8.85. The van der Waals surface area contributed by atoms with Gasteiger partial charge in [0.1, 0.15) is 4.32 Å². The maximum Gasteiger partial charge on any atom is 0.269 e. The van der Waals surface area contributed by atoms with Crippen molar-refractivity contribution >= 4 is 46.0 Å². The quantitative estimate of drug-likeness (QED) is 0.231. The van der Waals surface area contributed by atoms with Gasteiger partial charge in [0.05, 0.1) is 21.8 Å². The number of thiocarbonyl (C=S) groups is 1. The lowest BCUT2D eigenvalue weighted by Gasteiger charge is -2.25. The smallest absolute Gasteiger partial charge is 0.269 e. The van der Waals surface area contributed by atoms with E-state index in [1.165, 1.54) is 36.7 Å². The number of nitro benzene ring substituents is 1. The SMILES string of the molecule is O=C1C(=Cc2cn(-c3ccc([N+](=O)[O-])cc3)cn2)SC(=S)N1C1CCCCCC1. The van der Waals surface area contributed by atoms with E-state index in [-0.39, 0.29) is 17.6 Å². The molecule has 1 aliphatic carbocycles. The number of thioether (sulfide) groups is 1. The standard InChI is InChI=1S/C20H20N4O3S2/c25-19-18(29-20(28)23(19)16-5-3-1-2-4-6-16)11-14-12-22(13-21-14)15-7-9-17(10-8-15)24(26)27/h7-13,16H,1-6H2. The van der Waals surface area contributed by atoms with Crippen molar-refractivity contribution in [3.05, 3.63) is 57.5 Å². The van der Waals surface area contributed by atoms with Gasteiger partial charge in [-0.2, -0.15) is 0 Å². The molecule has 1 saturated carbocycles. The van der Waals surface area contributed by atoms with Gasteiger partial charge in [0.25, 0.3) is 11.6 Å². The average molecular weight is 429 g/mol. The van der Waals surface area contributed by atoms with Gasteiger partial charge in [-0.15, -0.1) is 0 Å². The van der Waals surface area contributed by atoms with Crippen LogP contribution in [0.5, 0.6) is 0 Å². The van der Waals surface area contributed by atoms with Gasteiger partial charge in [-0.3, -0.25) is 19.8 Å². The number of nitrogens with zero attached hydrogens (tertiary/aromatic N) is 4. The monoisotopic (exact) mass is 428 g/mol. The minimum absolute atomic E-state index is 0.0308. The first kappa shape index (κ1) is 19.8. The summed E-state index contributed by atoms with van der Waals surface area (Å²) in [5, 5.41) is 10.8. The van der Waals surface area contributed by atoms with E-state index < -0.39 is 4.92 Å². The zero-order chi connectivity index (χ0) is 20.4. The van der Waals surface area contributed by atoms with Gasteiger partial charge in [0.2, 0.25) is 0 Å². The Morgan fingerprint density at radius 2 is 1.86 bits per heavy atom. The van der Waals surface area contributed by atoms with Crippen molar-refractivity contribution in [1.29, 1.82) is 0 Å². The van der Waals surface area contributed by atoms with E-state index in [0.29, 0.717) is 14.9 Å². The van der Waals surface area contributed by atoms with E-state index in [0.717, 1.165) is 31.4 Å². The van der Waals surface area contributed by atoms with Crippen LogP contribution in [0, 0.1) is 10.1 Å². The molecule has 1 aromatic heterocycles. The summed E-state index contributed by atoms with van der Waals surface area (Å²) in [5.41, 5.74) is 1.44. The Balaban J connectivity index is 1.52. The number of benzene rings is 1. The van der Waals surface area contributed by atoms with Crippen LogP contribution in [0.2, 0.25) is 0 Å². The van der Waals surface area contributed by atoms with Crippen LogP contribution in [0.1, 0.15) is 44.2 Å². The number of imidazole rings is 1. The molecular formula is C20H20N4O3S2. The fourth-order valence-electron chi connectivity index (χ4n) is 3.75. The molecule has 7 nitrogen and oxygen atoms in total. The van der Waals surface area contributed by atoms with Gasteiger partial charge in [0.15, 0.2) is 0 Å². The molecule has 150 valence electrons. The highest BCUT2D eigenvalue weighted by Crippen LogP contribution is 2.36. The number of rotatable bonds is 4. The van der Waals surface area contributed by atoms with Crippen LogP contribution in [-0.4, -0.2) is 35.6 Å². The van der Waals surface area contributed by atoms with Crippen LogP contribution < -0.4 is 0 Å². The highest BCUT2D eigenvalue weighted by atomic mass is 32.2. The van der Waals surface area contributed by atoms with Gasteiger partial charge in [-0.25, -0.2) is 4.98 Å². The Kier molecular flexibility index (Phi) is 5.77. The number of non-ortho nitro benzene ring substituents is 1. The lowest BCUT2D eigenvalue weighted by molar-refractivity contribution is -0.384. The van der Waals surface area contributed by atoms with Crippen molar-refractivity contribution in [3.63, 3.8) is 0 Å². The molecule has 29 heavy (non-hydrogen) atoms. The van der Waals surface area contributed by atoms with E-state index in [1.807, 2.05) is 0 Å². The van der Waals surface area contributed by atoms with Crippen molar-refractivity contribution in [2.45, 2.75) is 44.6 Å². The third-order valence-electron chi connectivity index (χ3n) is 5.25. The first-order valence-electron chi connectivity index (χ1n) is 9.59. The first-order chi connectivity index (χ1) is 14.0. The zero-order valence-electron chi connectivity index (χ0n) is 15.7. The summed E-state index contributed by atoms with van der Waals surface area (Å²) in [4.78, 5) is 30.1. The van der Waals surface area contributed by atoms with Crippen LogP contribution >= 0.6 is 24.0 Å². The van der Waals surface area contributed by atoms with Gasteiger partial charge < -0.3 is 4.57 Å². The number of carbonyl (C=O) groups is 1. The lowest BCUT2D eigenvalue weighted by Crippen LogP contribution is -2.38. The minimum Gasteiger partial charge on any atom is -0.306 e. The van der Waals surface area contributed by atoms with E-state index in [4.69, 9.17) is 12.2 Å².